The minimum absolute atomic E-state index is 0.0685. The van der Waals surface area contributed by atoms with Crippen molar-refractivity contribution in [3.05, 3.63) is 59.2 Å². The monoisotopic (exact) mass is 284 g/mol. The van der Waals surface area contributed by atoms with Crippen LogP contribution in [0.1, 0.15) is 35.3 Å². The van der Waals surface area contributed by atoms with Crippen LogP contribution < -0.4 is 9.47 Å². The van der Waals surface area contributed by atoms with Crippen LogP contribution in [-0.4, -0.2) is 19.0 Å². The van der Waals surface area contributed by atoms with Gasteiger partial charge in [-0.1, -0.05) is 18.2 Å². The number of methoxy groups -OCH3 is 1. The van der Waals surface area contributed by atoms with Gasteiger partial charge in [-0.05, 0) is 50.6 Å². The second kappa shape index (κ2) is 6.44. The molecule has 0 amide bonds. The van der Waals surface area contributed by atoms with E-state index >= 15 is 0 Å². The molecule has 0 unspecified atom stereocenters. The molecule has 0 N–H and O–H groups in total. The summed E-state index contributed by atoms with van der Waals surface area (Å²) in [7, 11) is 1.57. The molecule has 3 heteroatoms. The molecule has 2 aromatic carbocycles. The van der Waals surface area contributed by atoms with Gasteiger partial charge < -0.3 is 9.47 Å². The smallest absolute Gasteiger partial charge is 0.196 e. The molecule has 0 saturated carbocycles. The first-order valence-electron chi connectivity index (χ1n) is 6.97. The van der Waals surface area contributed by atoms with Crippen molar-refractivity contribution in [2.75, 3.05) is 7.11 Å². The largest absolute Gasteiger partial charge is 0.496 e. The van der Waals surface area contributed by atoms with E-state index in [1.54, 1.807) is 25.3 Å². The molecular formula is C18H20O3. The van der Waals surface area contributed by atoms with Gasteiger partial charge in [0.2, 0.25) is 0 Å². The fraction of sp³-hybridized carbons (Fsp3) is 0.278. The minimum atomic E-state index is -0.0685. The Morgan fingerprint density at radius 2 is 1.86 bits per heavy atom. The fourth-order valence-corrected chi connectivity index (χ4v) is 2.12. The fourth-order valence-electron chi connectivity index (χ4n) is 2.12. The van der Waals surface area contributed by atoms with Gasteiger partial charge in [0.1, 0.15) is 11.5 Å². The van der Waals surface area contributed by atoms with Gasteiger partial charge in [0.25, 0.3) is 0 Å². The minimum Gasteiger partial charge on any atom is -0.496 e. The molecule has 2 rings (SSSR count). The van der Waals surface area contributed by atoms with E-state index in [4.69, 9.17) is 9.47 Å². The molecule has 3 nitrogen and oxygen atoms in total. The van der Waals surface area contributed by atoms with Crippen molar-refractivity contribution >= 4 is 5.78 Å². The van der Waals surface area contributed by atoms with Gasteiger partial charge in [-0.3, -0.25) is 4.79 Å². The molecule has 0 heterocycles. The molecule has 110 valence electrons. The van der Waals surface area contributed by atoms with Crippen molar-refractivity contribution in [1.82, 2.24) is 0 Å². The topological polar surface area (TPSA) is 35.5 Å². The Morgan fingerprint density at radius 3 is 2.52 bits per heavy atom. The number of ether oxygens (including phenoxy) is 2. The van der Waals surface area contributed by atoms with Gasteiger partial charge in [0, 0.05) is 5.56 Å². The summed E-state index contributed by atoms with van der Waals surface area (Å²) in [5.41, 5.74) is 2.21. The molecule has 0 spiro atoms. The van der Waals surface area contributed by atoms with Gasteiger partial charge in [-0.25, -0.2) is 0 Å². The lowest BCUT2D eigenvalue weighted by molar-refractivity contribution is 0.103. The van der Waals surface area contributed by atoms with Crippen LogP contribution in [0.2, 0.25) is 0 Å². The Bertz CT molecular complexity index is 645. The molecule has 0 radical (unpaired) electrons. The molecule has 0 atom stereocenters. The predicted octanol–water partition coefficient (Wildman–Crippen LogP) is 4.02. The van der Waals surface area contributed by atoms with Crippen molar-refractivity contribution in [2.45, 2.75) is 26.9 Å². The number of carbonyl (C=O) groups is 1. The maximum atomic E-state index is 12.6. The Morgan fingerprint density at radius 1 is 1.10 bits per heavy atom. The number of benzene rings is 2. The number of carbonyl (C=O) groups excluding carboxylic acids is 1. The van der Waals surface area contributed by atoms with Crippen LogP contribution in [0.3, 0.4) is 0 Å². The first-order valence-corrected chi connectivity index (χ1v) is 6.97. The number of hydrogen-bond acceptors (Lipinski definition) is 3. The van der Waals surface area contributed by atoms with Crippen molar-refractivity contribution in [3.8, 4) is 11.5 Å². The summed E-state index contributed by atoms with van der Waals surface area (Å²) in [6, 6.07) is 12.8. The second-order valence-corrected chi connectivity index (χ2v) is 5.23. The van der Waals surface area contributed by atoms with E-state index in [0.29, 0.717) is 22.6 Å². The third-order valence-corrected chi connectivity index (χ3v) is 3.07. The van der Waals surface area contributed by atoms with Gasteiger partial charge >= 0.3 is 0 Å². The van der Waals surface area contributed by atoms with Gasteiger partial charge in [0.15, 0.2) is 5.78 Å². The lowest BCUT2D eigenvalue weighted by atomic mass is 10.0. The normalized spacial score (nSPS) is 10.5. The van der Waals surface area contributed by atoms with Crippen LogP contribution in [0.4, 0.5) is 0 Å². The predicted molar refractivity (Wildman–Crippen MR) is 83.4 cm³/mol. The van der Waals surface area contributed by atoms with Crippen LogP contribution in [0, 0.1) is 6.92 Å². The third kappa shape index (κ3) is 3.63. The molecule has 0 aliphatic rings. The SMILES string of the molecule is COc1cc(C)ccc1C(=O)c1cccc(OC(C)C)c1. The van der Waals surface area contributed by atoms with E-state index in [1.807, 2.05) is 45.0 Å². The molecule has 2 aromatic rings. The first-order chi connectivity index (χ1) is 10.0. The van der Waals surface area contributed by atoms with Crippen LogP contribution in [0.15, 0.2) is 42.5 Å². The number of aryl methyl sites for hydroxylation is 1. The van der Waals surface area contributed by atoms with Crippen LogP contribution in [0.5, 0.6) is 11.5 Å². The van der Waals surface area contributed by atoms with E-state index in [1.165, 1.54) is 0 Å². The zero-order valence-corrected chi connectivity index (χ0v) is 12.8. The third-order valence-electron chi connectivity index (χ3n) is 3.07. The molecule has 0 aromatic heterocycles. The lowest BCUT2D eigenvalue weighted by Crippen LogP contribution is -2.08. The Balaban J connectivity index is 2.36. The number of ketones is 1. The highest BCUT2D eigenvalue weighted by Crippen LogP contribution is 2.24. The summed E-state index contributed by atoms with van der Waals surface area (Å²) in [4.78, 5) is 12.6. The van der Waals surface area contributed by atoms with Crippen molar-refractivity contribution in [3.63, 3.8) is 0 Å². The molecule has 0 aliphatic carbocycles. The summed E-state index contributed by atoms with van der Waals surface area (Å²) >= 11 is 0. The van der Waals surface area contributed by atoms with Gasteiger partial charge in [-0.2, -0.15) is 0 Å². The molecule has 0 aliphatic heterocycles. The Kier molecular flexibility index (Phi) is 4.63. The molecule has 0 saturated heterocycles. The molecule has 0 bridgehead atoms. The lowest BCUT2D eigenvalue weighted by Gasteiger charge is -2.12. The summed E-state index contributed by atoms with van der Waals surface area (Å²) in [5.74, 6) is 1.22. The maximum absolute atomic E-state index is 12.6. The summed E-state index contributed by atoms with van der Waals surface area (Å²) in [6.07, 6.45) is 0.0734. The average Bonchev–Trinajstić information content (AvgIpc) is 2.46. The zero-order valence-electron chi connectivity index (χ0n) is 12.8. The summed E-state index contributed by atoms with van der Waals surface area (Å²) in [5, 5.41) is 0. The van der Waals surface area contributed by atoms with E-state index in [0.717, 1.165) is 5.56 Å². The Hall–Kier alpha value is -2.29. The highest BCUT2D eigenvalue weighted by Gasteiger charge is 2.15. The number of hydrogen-bond donors (Lipinski definition) is 0. The van der Waals surface area contributed by atoms with Crippen LogP contribution in [0.25, 0.3) is 0 Å². The van der Waals surface area contributed by atoms with Crippen molar-refractivity contribution < 1.29 is 14.3 Å². The Labute approximate surface area is 125 Å². The zero-order chi connectivity index (χ0) is 15.4. The first kappa shape index (κ1) is 15.1. The van der Waals surface area contributed by atoms with Crippen molar-refractivity contribution in [2.24, 2.45) is 0 Å². The van der Waals surface area contributed by atoms with E-state index < -0.39 is 0 Å². The highest BCUT2D eigenvalue weighted by atomic mass is 16.5. The standard InChI is InChI=1S/C18H20O3/c1-12(2)21-15-7-5-6-14(11-15)18(19)16-9-8-13(3)10-17(16)20-4/h5-12H,1-4H3. The molecular weight excluding hydrogens is 264 g/mol. The van der Waals surface area contributed by atoms with Crippen molar-refractivity contribution in [1.29, 1.82) is 0 Å². The second-order valence-electron chi connectivity index (χ2n) is 5.23. The average molecular weight is 284 g/mol. The molecule has 0 fully saturated rings. The van der Waals surface area contributed by atoms with Crippen LogP contribution in [-0.2, 0) is 0 Å². The highest BCUT2D eigenvalue weighted by molar-refractivity contribution is 6.10. The summed E-state index contributed by atoms with van der Waals surface area (Å²) in [6.45, 7) is 5.88. The van der Waals surface area contributed by atoms with Gasteiger partial charge in [-0.15, -0.1) is 0 Å². The van der Waals surface area contributed by atoms with E-state index in [2.05, 4.69) is 0 Å². The summed E-state index contributed by atoms with van der Waals surface area (Å²) < 4.78 is 10.9. The van der Waals surface area contributed by atoms with Gasteiger partial charge in [0.05, 0.1) is 18.8 Å². The molecule has 21 heavy (non-hydrogen) atoms. The van der Waals surface area contributed by atoms with E-state index in [9.17, 15) is 4.79 Å². The van der Waals surface area contributed by atoms with E-state index in [-0.39, 0.29) is 11.9 Å². The maximum Gasteiger partial charge on any atom is 0.196 e. The quantitative estimate of drug-likeness (QED) is 0.778. The number of rotatable bonds is 5. The van der Waals surface area contributed by atoms with Crippen LogP contribution >= 0.6 is 0 Å².